The Balaban J connectivity index is 1.89. The quantitative estimate of drug-likeness (QED) is 0.605. The van der Waals surface area contributed by atoms with Crippen LogP contribution in [0, 0.1) is 0 Å². The van der Waals surface area contributed by atoms with Crippen LogP contribution in [0.3, 0.4) is 0 Å². The van der Waals surface area contributed by atoms with Gasteiger partial charge in [0.2, 0.25) is 0 Å². The van der Waals surface area contributed by atoms with Crippen molar-refractivity contribution in [1.82, 2.24) is 15.3 Å². The van der Waals surface area contributed by atoms with Gasteiger partial charge in [0.15, 0.2) is 5.16 Å². The van der Waals surface area contributed by atoms with Crippen LogP contribution >= 0.6 is 11.8 Å². The van der Waals surface area contributed by atoms with Crippen LogP contribution < -0.4 is 5.32 Å². The van der Waals surface area contributed by atoms with E-state index >= 15 is 0 Å². The second kappa shape index (κ2) is 7.31. The van der Waals surface area contributed by atoms with E-state index in [2.05, 4.69) is 15.3 Å². The zero-order chi connectivity index (χ0) is 14.4. The summed E-state index contributed by atoms with van der Waals surface area (Å²) < 4.78 is 4.78. The van der Waals surface area contributed by atoms with E-state index in [1.54, 1.807) is 11.8 Å². The molecule has 0 amide bonds. The summed E-state index contributed by atoms with van der Waals surface area (Å²) >= 11 is 1.61. The van der Waals surface area contributed by atoms with Gasteiger partial charge in [-0.2, -0.15) is 0 Å². The normalized spacial score (nSPS) is 12.5. The molecule has 0 fully saturated rings. The number of hydrogen-bond donors (Lipinski definition) is 2. The van der Waals surface area contributed by atoms with Crippen molar-refractivity contribution < 1.29 is 9.53 Å². The van der Waals surface area contributed by atoms with Gasteiger partial charge in [-0.1, -0.05) is 30.8 Å². The average molecular weight is 293 g/mol. The highest BCUT2D eigenvalue weighted by molar-refractivity contribution is 7.99. The van der Waals surface area contributed by atoms with Gasteiger partial charge in [0.25, 0.3) is 0 Å². The Hall–Kier alpha value is -1.53. The monoisotopic (exact) mass is 293 g/mol. The van der Waals surface area contributed by atoms with Gasteiger partial charge in [0.05, 0.1) is 18.1 Å². The highest BCUT2D eigenvalue weighted by Gasteiger charge is 2.17. The van der Waals surface area contributed by atoms with Crippen molar-refractivity contribution in [2.24, 2.45) is 0 Å². The number of aromatic amines is 1. The summed E-state index contributed by atoms with van der Waals surface area (Å²) in [7, 11) is 1.42. The highest BCUT2D eigenvalue weighted by Crippen LogP contribution is 2.20. The lowest BCUT2D eigenvalue weighted by Gasteiger charge is -2.14. The molecule has 0 bridgehead atoms. The minimum Gasteiger partial charge on any atom is -0.468 e. The van der Waals surface area contributed by atoms with Gasteiger partial charge < -0.3 is 15.0 Å². The number of nitrogens with one attached hydrogen (secondary N) is 2. The maximum atomic E-state index is 11.6. The van der Waals surface area contributed by atoms with Crippen molar-refractivity contribution in [2.75, 3.05) is 19.4 Å². The molecule has 0 aliphatic heterocycles. The summed E-state index contributed by atoms with van der Waals surface area (Å²) in [6.07, 6.45) is 0.711. The average Bonchev–Trinajstić information content (AvgIpc) is 2.88. The predicted octanol–water partition coefficient (Wildman–Crippen LogP) is 2.20. The zero-order valence-corrected chi connectivity index (χ0v) is 12.5. The van der Waals surface area contributed by atoms with Crippen molar-refractivity contribution >= 4 is 28.8 Å². The van der Waals surface area contributed by atoms with Crippen LogP contribution in [0.25, 0.3) is 11.0 Å². The fourth-order valence-electron chi connectivity index (χ4n) is 1.96. The molecule has 1 aromatic heterocycles. The third kappa shape index (κ3) is 3.74. The van der Waals surface area contributed by atoms with Crippen LogP contribution in [-0.4, -0.2) is 41.4 Å². The van der Waals surface area contributed by atoms with Crippen LogP contribution in [0.1, 0.15) is 13.3 Å². The number of benzene rings is 1. The topological polar surface area (TPSA) is 67.0 Å². The number of fused-ring (bicyclic) bond motifs is 1. The molecule has 1 atom stereocenters. The van der Waals surface area contributed by atoms with Crippen molar-refractivity contribution in [1.29, 1.82) is 0 Å². The number of likely N-dealkylation sites (N-methyl/N-ethyl adjacent to an activating group) is 1. The number of rotatable bonds is 7. The molecule has 2 aromatic rings. The maximum Gasteiger partial charge on any atom is 0.322 e. The number of carbonyl (C=O) groups excluding carboxylic acids is 1. The molecule has 0 aliphatic rings. The second-order valence-electron chi connectivity index (χ2n) is 4.33. The molecule has 108 valence electrons. The number of nitrogens with zero attached hydrogens (tertiary/aromatic N) is 1. The van der Waals surface area contributed by atoms with E-state index in [9.17, 15) is 4.79 Å². The second-order valence-corrected chi connectivity index (χ2v) is 5.41. The minimum absolute atomic E-state index is 0.211. The van der Waals surface area contributed by atoms with E-state index in [0.29, 0.717) is 6.42 Å². The number of thioether (sulfide) groups is 1. The van der Waals surface area contributed by atoms with Gasteiger partial charge in [-0.25, -0.2) is 4.98 Å². The zero-order valence-electron chi connectivity index (χ0n) is 11.7. The Morgan fingerprint density at radius 1 is 1.50 bits per heavy atom. The number of methoxy groups -OCH3 is 1. The highest BCUT2D eigenvalue weighted by atomic mass is 32.2. The smallest absolute Gasteiger partial charge is 0.322 e. The molecule has 2 rings (SSSR count). The number of hydrogen-bond acceptors (Lipinski definition) is 5. The summed E-state index contributed by atoms with van der Waals surface area (Å²) in [6, 6.07) is 7.68. The maximum absolute atomic E-state index is 11.6. The van der Waals surface area contributed by atoms with E-state index in [1.807, 2.05) is 31.2 Å². The van der Waals surface area contributed by atoms with Gasteiger partial charge in [0.1, 0.15) is 6.04 Å². The molecule has 20 heavy (non-hydrogen) atoms. The Bertz CT molecular complexity index is 537. The number of carbonyl (C=O) groups is 1. The van der Waals surface area contributed by atoms with E-state index in [1.165, 1.54) is 7.11 Å². The molecule has 0 saturated heterocycles. The van der Waals surface area contributed by atoms with Crippen LogP contribution in [0.15, 0.2) is 29.4 Å². The molecule has 6 heteroatoms. The number of ether oxygens (including phenoxy) is 1. The summed E-state index contributed by atoms with van der Waals surface area (Å²) in [5.74, 6) is 0.587. The molecule has 0 aliphatic carbocycles. The number of para-hydroxylation sites is 2. The Morgan fingerprint density at radius 2 is 2.30 bits per heavy atom. The first-order chi connectivity index (χ1) is 9.74. The van der Waals surface area contributed by atoms with Gasteiger partial charge in [-0.15, -0.1) is 0 Å². The molecule has 1 heterocycles. The van der Waals surface area contributed by atoms with Crippen LogP contribution in [0.4, 0.5) is 0 Å². The molecular weight excluding hydrogens is 274 g/mol. The van der Waals surface area contributed by atoms with Gasteiger partial charge >= 0.3 is 5.97 Å². The molecular formula is C14H19N3O2S. The number of esters is 1. The van der Waals surface area contributed by atoms with E-state index < -0.39 is 0 Å². The summed E-state index contributed by atoms with van der Waals surface area (Å²) in [6.45, 7) is 2.72. The van der Waals surface area contributed by atoms with E-state index in [-0.39, 0.29) is 12.0 Å². The molecule has 2 N–H and O–H groups in total. The van der Waals surface area contributed by atoms with E-state index in [0.717, 1.165) is 28.5 Å². The molecule has 0 spiro atoms. The molecule has 0 radical (unpaired) electrons. The fourth-order valence-corrected chi connectivity index (χ4v) is 2.86. The lowest BCUT2D eigenvalue weighted by molar-refractivity contribution is -0.143. The Kier molecular flexibility index (Phi) is 5.43. The summed E-state index contributed by atoms with van der Waals surface area (Å²) in [5, 5.41) is 4.01. The largest absolute Gasteiger partial charge is 0.468 e. The number of H-pyrrole nitrogens is 1. The molecule has 1 aromatic carbocycles. The minimum atomic E-state index is -0.248. The van der Waals surface area contributed by atoms with Gasteiger partial charge in [0, 0.05) is 5.75 Å². The fraction of sp³-hybridized carbons (Fsp3) is 0.429. The van der Waals surface area contributed by atoms with Crippen LogP contribution in [0.5, 0.6) is 0 Å². The SMILES string of the molecule is CCNC(CCSc1nc2ccccc2[nH]1)C(=O)OC. The summed E-state index contributed by atoms with van der Waals surface area (Å²) in [5.41, 5.74) is 2.00. The van der Waals surface area contributed by atoms with Crippen LogP contribution in [0.2, 0.25) is 0 Å². The van der Waals surface area contributed by atoms with Crippen molar-refractivity contribution in [3.63, 3.8) is 0 Å². The lowest BCUT2D eigenvalue weighted by atomic mass is 10.2. The van der Waals surface area contributed by atoms with Gasteiger partial charge in [-0.05, 0) is 25.1 Å². The first-order valence-electron chi connectivity index (χ1n) is 6.63. The molecule has 0 saturated carbocycles. The van der Waals surface area contributed by atoms with Crippen molar-refractivity contribution in [3.05, 3.63) is 24.3 Å². The van der Waals surface area contributed by atoms with Gasteiger partial charge in [-0.3, -0.25) is 4.79 Å². The number of imidazole rings is 1. The summed E-state index contributed by atoms with van der Waals surface area (Å²) in [4.78, 5) is 19.3. The Labute approximate surface area is 122 Å². The number of aromatic nitrogens is 2. The van der Waals surface area contributed by atoms with Crippen molar-refractivity contribution in [2.45, 2.75) is 24.5 Å². The standard InChI is InChI=1S/C14H19N3O2S/c1-3-15-12(13(18)19-2)8-9-20-14-16-10-6-4-5-7-11(10)17-14/h4-7,12,15H,3,8-9H2,1-2H3,(H,16,17). The third-order valence-corrected chi connectivity index (χ3v) is 3.86. The lowest BCUT2D eigenvalue weighted by Crippen LogP contribution is -2.37. The third-order valence-electron chi connectivity index (χ3n) is 2.95. The van der Waals surface area contributed by atoms with Crippen molar-refractivity contribution in [3.8, 4) is 0 Å². The van der Waals surface area contributed by atoms with Crippen LogP contribution in [-0.2, 0) is 9.53 Å². The molecule has 1 unspecified atom stereocenters. The molecule has 5 nitrogen and oxygen atoms in total. The first kappa shape index (κ1) is 14.9. The van der Waals surface area contributed by atoms with E-state index in [4.69, 9.17) is 4.74 Å². The first-order valence-corrected chi connectivity index (χ1v) is 7.62. The predicted molar refractivity (Wildman–Crippen MR) is 80.9 cm³/mol. The Morgan fingerprint density at radius 3 is 3.00 bits per heavy atom.